The molecule has 4 aromatic rings. The highest BCUT2D eigenvalue weighted by molar-refractivity contribution is 6.00. The third-order valence-corrected chi connectivity index (χ3v) is 9.91. The Kier molecular flexibility index (Phi) is 26.5. The molecule has 2 aliphatic heterocycles. The lowest BCUT2D eigenvalue weighted by Crippen LogP contribution is -2.37. The van der Waals surface area contributed by atoms with Crippen molar-refractivity contribution >= 4 is 72.8 Å². The number of carbonyl (C=O) groups excluding carboxylic acids is 2. The number of hydrogen-bond donors (Lipinski definition) is 2. The second-order valence-corrected chi connectivity index (χ2v) is 12.6. The molecule has 0 saturated heterocycles. The Bertz CT molecular complexity index is 1710. The molecule has 2 unspecified atom stereocenters. The molecule has 0 aliphatic carbocycles. The number of likely N-dealkylation sites (N-methyl/N-ethyl adjacent to an activating group) is 2. The van der Waals surface area contributed by atoms with Crippen molar-refractivity contribution in [2.24, 2.45) is 0 Å². The molecular formula is C40H58Cl4F2N6O5. The van der Waals surface area contributed by atoms with Crippen LogP contribution in [-0.2, 0) is 0 Å². The van der Waals surface area contributed by atoms with Crippen LogP contribution < -0.4 is 11.5 Å². The molecule has 2 atom stereocenters. The Morgan fingerprint density at radius 2 is 0.842 bits per heavy atom. The monoisotopic (exact) mass is 880 g/mol. The van der Waals surface area contributed by atoms with Crippen LogP contribution in [-0.4, -0.2) is 100 Å². The first-order valence-corrected chi connectivity index (χ1v) is 17.5. The largest absolute Gasteiger partial charge is 0.412 e. The normalized spacial score (nSPS) is 14.5. The lowest BCUT2D eigenvalue weighted by molar-refractivity contribution is 0.0722. The summed E-state index contributed by atoms with van der Waals surface area (Å²) < 4.78 is 27.7. The Morgan fingerprint density at radius 3 is 1.16 bits per heavy atom. The molecule has 0 aromatic heterocycles. The van der Waals surface area contributed by atoms with Crippen molar-refractivity contribution in [1.29, 1.82) is 0 Å². The van der Waals surface area contributed by atoms with Gasteiger partial charge in [-0.1, -0.05) is 64.1 Å². The number of halogens is 6. The van der Waals surface area contributed by atoms with Crippen LogP contribution >= 0.6 is 49.6 Å². The van der Waals surface area contributed by atoms with Crippen molar-refractivity contribution in [3.05, 3.63) is 130 Å². The van der Waals surface area contributed by atoms with Gasteiger partial charge in [-0.3, -0.25) is 9.59 Å². The number of rotatable bonds is 12. The first kappa shape index (κ1) is 57.6. The van der Waals surface area contributed by atoms with Crippen LogP contribution in [0.1, 0.15) is 82.7 Å². The third kappa shape index (κ3) is 12.6. The van der Waals surface area contributed by atoms with Gasteiger partial charge in [0.15, 0.2) is 0 Å². The molecule has 17 heteroatoms. The zero-order valence-corrected chi connectivity index (χ0v) is 35.8. The van der Waals surface area contributed by atoms with E-state index in [0.29, 0.717) is 46.7 Å². The smallest absolute Gasteiger partial charge is 0.255 e. The number of hydrogen-bond acceptors (Lipinski definition) is 6. The van der Waals surface area contributed by atoms with Crippen LogP contribution in [0.4, 0.5) is 20.2 Å². The number of benzene rings is 4. The maximum atomic E-state index is 13.9. The minimum absolute atomic E-state index is 0. The fraction of sp³-hybridized carbons (Fsp3) is 0.350. The highest BCUT2D eigenvalue weighted by Crippen LogP contribution is 2.42. The number of carbonyl (C=O) groups is 2. The second-order valence-electron chi connectivity index (χ2n) is 12.6. The molecule has 0 radical (unpaired) electrons. The topological polar surface area (TPSA) is 194 Å². The number of nitrogens with zero attached hydrogens (tertiary/aromatic N) is 4. The van der Waals surface area contributed by atoms with Crippen molar-refractivity contribution in [2.45, 2.75) is 39.8 Å². The Labute approximate surface area is 359 Å². The molecule has 4 aromatic carbocycles. The van der Waals surface area contributed by atoms with Gasteiger partial charge in [-0.25, -0.2) is 8.78 Å². The van der Waals surface area contributed by atoms with Gasteiger partial charge >= 0.3 is 0 Å². The summed E-state index contributed by atoms with van der Waals surface area (Å²) in [5.41, 5.74) is 17.7. The third-order valence-electron chi connectivity index (χ3n) is 9.91. The molecular weight excluding hydrogens is 824 g/mol. The average molecular weight is 883 g/mol. The molecule has 10 N–H and O–H groups in total. The summed E-state index contributed by atoms with van der Waals surface area (Å²) in [4.78, 5) is 34.0. The molecule has 0 bridgehead atoms. The van der Waals surface area contributed by atoms with E-state index < -0.39 is 0 Å². The first-order chi connectivity index (χ1) is 24.1. The van der Waals surface area contributed by atoms with Gasteiger partial charge in [0.05, 0.1) is 12.1 Å². The molecule has 0 spiro atoms. The number of fused-ring (bicyclic) bond motifs is 2. The van der Waals surface area contributed by atoms with Crippen molar-refractivity contribution in [3.63, 3.8) is 0 Å². The van der Waals surface area contributed by atoms with E-state index >= 15 is 0 Å². The van der Waals surface area contributed by atoms with Crippen molar-refractivity contribution in [2.75, 3.05) is 63.8 Å². The molecule has 2 amide bonds. The standard InChI is InChI=1S/2C20H24FN3O.4ClH.3H2O/c2*1-3-23(4-2)11-12-24-19(17-13-14(21)9-10-18(17)22)15-7-5-6-8-16(15)20(24)25;;;;;;;/h2*5-10,13,19H,3-4,11-12,22H2,1-2H3;4*1H;3*1H2. The Hall–Kier alpha value is -3.76. The average Bonchev–Trinajstić information content (AvgIpc) is 3.57. The predicted molar refractivity (Wildman–Crippen MR) is 236 cm³/mol. The lowest BCUT2D eigenvalue weighted by atomic mass is 9.96. The zero-order chi connectivity index (χ0) is 35.9. The number of nitrogen functional groups attached to an aromatic ring is 2. The van der Waals surface area contributed by atoms with Crippen LogP contribution in [0.25, 0.3) is 0 Å². The molecule has 320 valence electrons. The minimum atomic E-state index is -0.343. The predicted octanol–water partition coefficient (Wildman–Crippen LogP) is 5.80. The van der Waals surface area contributed by atoms with E-state index in [1.165, 1.54) is 24.3 Å². The van der Waals surface area contributed by atoms with E-state index in [1.54, 1.807) is 12.1 Å². The minimum Gasteiger partial charge on any atom is -0.412 e. The van der Waals surface area contributed by atoms with Crippen molar-refractivity contribution in [1.82, 2.24) is 19.6 Å². The molecule has 11 nitrogen and oxygen atoms in total. The fourth-order valence-corrected chi connectivity index (χ4v) is 7.02. The summed E-state index contributed by atoms with van der Waals surface area (Å²) in [5, 5.41) is 0. The van der Waals surface area contributed by atoms with Crippen LogP contribution in [0, 0.1) is 11.6 Å². The second kappa shape index (κ2) is 26.3. The van der Waals surface area contributed by atoms with Gasteiger partial charge in [-0.2, -0.15) is 0 Å². The highest BCUT2D eigenvalue weighted by Gasteiger charge is 2.39. The van der Waals surface area contributed by atoms with E-state index in [4.69, 9.17) is 11.5 Å². The Morgan fingerprint density at radius 1 is 0.526 bits per heavy atom. The van der Waals surface area contributed by atoms with Gasteiger partial charge in [-0.15, -0.1) is 49.6 Å². The first-order valence-electron chi connectivity index (χ1n) is 17.5. The molecule has 0 fully saturated rings. The lowest BCUT2D eigenvalue weighted by Gasteiger charge is -2.29. The maximum Gasteiger partial charge on any atom is 0.255 e. The van der Waals surface area contributed by atoms with E-state index in [-0.39, 0.29) is 102 Å². The number of nitrogens with two attached hydrogens (primary N) is 2. The van der Waals surface area contributed by atoms with Crippen LogP contribution in [0.5, 0.6) is 0 Å². The van der Waals surface area contributed by atoms with E-state index in [1.807, 2.05) is 58.3 Å². The van der Waals surface area contributed by atoms with Gasteiger partial charge in [-0.05, 0) is 85.8 Å². The summed E-state index contributed by atoms with van der Waals surface area (Å²) >= 11 is 0. The molecule has 57 heavy (non-hydrogen) atoms. The van der Waals surface area contributed by atoms with Crippen molar-refractivity contribution in [3.8, 4) is 0 Å². The summed E-state index contributed by atoms with van der Waals surface area (Å²) in [6.07, 6.45) is 0. The number of anilines is 2. The SMILES string of the molecule is CCN(CC)CCN1C(=O)c2ccccc2C1c1cc(F)ccc1N.CCN(CC)CCN1C(=O)c2ccccc2C1c1cc(F)ccc1N.Cl.Cl.Cl.Cl.O.O.O. The Balaban J connectivity index is -0.000000911. The van der Waals surface area contributed by atoms with Gasteiger partial charge in [0.1, 0.15) is 11.6 Å². The van der Waals surface area contributed by atoms with Crippen molar-refractivity contribution < 1.29 is 34.8 Å². The number of amides is 2. The van der Waals surface area contributed by atoms with Crippen LogP contribution in [0.2, 0.25) is 0 Å². The van der Waals surface area contributed by atoms with Gasteiger partial charge in [0.2, 0.25) is 0 Å². The summed E-state index contributed by atoms with van der Waals surface area (Å²) in [6.45, 7) is 14.8. The van der Waals surface area contributed by atoms with Crippen LogP contribution in [0.15, 0.2) is 84.9 Å². The van der Waals surface area contributed by atoms with Gasteiger partial charge < -0.3 is 47.5 Å². The molecule has 2 aliphatic rings. The summed E-state index contributed by atoms with van der Waals surface area (Å²) in [7, 11) is 0. The summed E-state index contributed by atoms with van der Waals surface area (Å²) in [5.74, 6) is -0.720. The molecule has 2 heterocycles. The fourth-order valence-electron chi connectivity index (χ4n) is 7.02. The van der Waals surface area contributed by atoms with Gasteiger partial charge in [0.25, 0.3) is 11.8 Å². The van der Waals surface area contributed by atoms with Gasteiger partial charge in [0, 0.05) is 59.8 Å². The maximum absolute atomic E-state index is 13.9. The highest BCUT2D eigenvalue weighted by atomic mass is 35.5. The van der Waals surface area contributed by atoms with Crippen LogP contribution in [0.3, 0.4) is 0 Å². The van der Waals surface area contributed by atoms with E-state index in [0.717, 1.165) is 50.4 Å². The van der Waals surface area contributed by atoms with E-state index in [9.17, 15) is 18.4 Å². The zero-order valence-electron chi connectivity index (χ0n) is 32.5. The quantitative estimate of drug-likeness (QED) is 0.169. The summed E-state index contributed by atoms with van der Waals surface area (Å²) in [6, 6.07) is 23.1. The van der Waals surface area contributed by atoms with E-state index in [2.05, 4.69) is 37.5 Å². The molecule has 6 rings (SSSR count). The molecule has 0 saturated carbocycles.